The van der Waals surface area contributed by atoms with E-state index in [1.54, 1.807) is 31.2 Å². The molecule has 0 saturated heterocycles. The molecule has 0 radical (unpaired) electrons. The maximum atomic E-state index is 13.6. The van der Waals surface area contributed by atoms with Crippen LogP contribution in [-0.4, -0.2) is 32.4 Å². The van der Waals surface area contributed by atoms with Crippen molar-refractivity contribution >= 4 is 44.7 Å². The van der Waals surface area contributed by atoms with E-state index >= 15 is 0 Å². The zero-order valence-corrected chi connectivity index (χ0v) is 18.8. The van der Waals surface area contributed by atoms with Crippen LogP contribution in [0.2, 0.25) is 0 Å². The topological polar surface area (TPSA) is 103 Å². The molecule has 0 saturated carbocycles. The second-order valence-corrected chi connectivity index (χ2v) is 8.71. The number of rotatable bonds is 3. The molecule has 6 heteroatoms. The molecule has 0 spiro atoms. The van der Waals surface area contributed by atoms with Gasteiger partial charge in [0, 0.05) is 33.1 Å². The number of Topliss-reactive ketones (excluding diaryl/α,β-unsaturated/α-hetero) is 3. The zero-order valence-electron chi connectivity index (χ0n) is 18.8. The molecule has 0 amide bonds. The first kappa shape index (κ1) is 20.9. The predicted octanol–water partition coefficient (Wildman–Crippen LogP) is 5.40. The Morgan fingerprint density at radius 1 is 0.714 bits per heavy atom. The summed E-state index contributed by atoms with van der Waals surface area (Å²) in [6.45, 7) is 1.75. The molecule has 0 fully saturated rings. The van der Waals surface area contributed by atoms with E-state index in [0.29, 0.717) is 33.3 Å². The molecular formula is C29H20N2O4. The van der Waals surface area contributed by atoms with Gasteiger partial charge in [-0.2, -0.15) is 0 Å². The van der Waals surface area contributed by atoms with Gasteiger partial charge in [0.1, 0.15) is 5.92 Å². The van der Waals surface area contributed by atoms with Crippen LogP contribution in [0.5, 0.6) is 0 Å². The fourth-order valence-electron chi connectivity index (χ4n) is 5.13. The normalized spacial score (nSPS) is 16.6. The molecule has 0 bridgehead atoms. The molecule has 5 aromatic rings. The number of aromatic nitrogens is 2. The highest BCUT2D eigenvalue weighted by Gasteiger charge is 2.46. The lowest BCUT2D eigenvalue weighted by Gasteiger charge is -2.22. The van der Waals surface area contributed by atoms with Crippen molar-refractivity contribution in [3.8, 4) is 11.3 Å². The molecular weight excluding hydrogens is 440 g/mol. The maximum absolute atomic E-state index is 13.6. The second-order valence-electron chi connectivity index (χ2n) is 8.71. The Hall–Kier alpha value is -4.71. The first-order chi connectivity index (χ1) is 17.0. The number of carbonyl (C=O) groups is 3. The number of para-hydroxylation sites is 2. The quantitative estimate of drug-likeness (QED) is 0.248. The molecule has 6 nitrogen and oxygen atoms in total. The summed E-state index contributed by atoms with van der Waals surface area (Å²) in [5.74, 6) is -4.58. The van der Waals surface area contributed by atoms with Crippen molar-refractivity contribution in [2.45, 2.75) is 12.8 Å². The summed E-state index contributed by atoms with van der Waals surface area (Å²) in [4.78, 5) is 47.2. The summed E-state index contributed by atoms with van der Waals surface area (Å²) in [6, 6.07) is 23.9. The third kappa shape index (κ3) is 3.00. The number of H-pyrrole nitrogens is 2. The molecule has 3 aromatic carbocycles. The van der Waals surface area contributed by atoms with E-state index in [4.69, 9.17) is 0 Å². The van der Waals surface area contributed by atoms with Gasteiger partial charge in [0.2, 0.25) is 17.3 Å². The average molecular weight is 460 g/mol. The van der Waals surface area contributed by atoms with Gasteiger partial charge in [-0.3, -0.25) is 14.4 Å². The Morgan fingerprint density at radius 2 is 1.31 bits per heavy atom. The molecule has 35 heavy (non-hydrogen) atoms. The fraction of sp³-hybridized carbons (Fsp3) is 0.0690. The van der Waals surface area contributed by atoms with Crippen LogP contribution in [0, 0.1) is 6.92 Å². The molecule has 1 unspecified atom stereocenters. The SMILES string of the molecule is Cc1[nH]c2ccccc2c1C1C(=O)C(=O)C(c2c(-c3ccccc3)[nH]c3ccccc23)=C(O)C1=O. The minimum atomic E-state index is -1.40. The number of aliphatic hydroxyl groups is 1. The summed E-state index contributed by atoms with van der Waals surface area (Å²) in [7, 11) is 0. The number of aryl methyl sites for hydroxylation is 1. The largest absolute Gasteiger partial charge is 0.504 e. The van der Waals surface area contributed by atoms with Crippen molar-refractivity contribution in [2.24, 2.45) is 0 Å². The third-order valence-electron chi connectivity index (χ3n) is 6.70. The van der Waals surface area contributed by atoms with Crippen molar-refractivity contribution in [3.63, 3.8) is 0 Å². The van der Waals surface area contributed by atoms with Crippen LogP contribution in [0.3, 0.4) is 0 Å². The van der Waals surface area contributed by atoms with Crippen LogP contribution in [0.15, 0.2) is 84.6 Å². The van der Waals surface area contributed by atoms with Crippen molar-refractivity contribution in [3.05, 3.63) is 101 Å². The number of nitrogens with one attached hydrogen (secondary N) is 2. The Kier molecular flexibility index (Phi) is 4.57. The highest BCUT2D eigenvalue weighted by atomic mass is 16.3. The second kappa shape index (κ2) is 7.67. The molecule has 1 aliphatic rings. The lowest BCUT2D eigenvalue weighted by molar-refractivity contribution is -0.138. The molecule has 170 valence electrons. The van der Waals surface area contributed by atoms with Crippen molar-refractivity contribution in [1.29, 1.82) is 0 Å². The van der Waals surface area contributed by atoms with Crippen LogP contribution in [-0.2, 0) is 14.4 Å². The Bertz CT molecular complexity index is 1720. The van der Waals surface area contributed by atoms with Gasteiger partial charge in [-0.1, -0.05) is 66.7 Å². The lowest BCUT2D eigenvalue weighted by atomic mass is 9.77. The van der Waals surface area contributed by atoms with Gasteiger partial charge >= 0.3 is 0 Å². The van der Waals surface area contributed by atoms with E-state index in [0.717, 1.165) is 16.6 Å². The Morgan fingerprint density at radius 3 is 2.03 bits per heavy atom. The number of fused-ring (bicyclic) bond motifs is 2. The van der Waals surface area contributed by atoms with Crippen LogP contribution >= 0.6 is 0 Å². The summed E-state index contributed by atoms with van der Waals surface area (Å²) in [5, 5.41) is 12.5. The first-order valence-corrected chi connectivity index (χ1v) is 11.3. The number of hydrogen-bond donors (Lipinski definition) is 3. The minimum Gasteiger partial charge on any atom is -0.504 e. The van der Waals surface area contributed by atoms with E-state index in [1.807, 2.05) is 54.6 Å². The molecule has 6 rings (SSSR count). The van der Waals surface area contributed by atoms with E-state index in [2.05, 4.69) is 9.97 Å². The fourth-order valence-corrected chi connectivity index (χ4v) is 5.13. The van der Waals surface area contributed by atoms with Gasteiger partial charge in [0.25, 0.3) is 0 Å². The Balaban J connectivity index is 1.60. The number of benzene rings is 3. The van der Waals surface area contributed by atoms with Crippen LogP contribution in [0.4, 0.5) is 0 Å². The smallest absolute Gasteiger partial charge is 0.234 e. The molecule has 2 heterocycles. The van der Waals surface area contributed by atoms with Crippen LogP contribution in [0.25, 0.3) is 38.6 Å². The van der Waals surface area contributed by atoms with Crippen molar-refractivity contribution in [1.82, 2.24) is 9.97 Å². The van der Waals surface area contributed by atoms with Gasteiger partial charge < -0.3 is 15.1 Å². The van der Waals surface area contributed by atoms with E-state index in [-0.39, 0.29) is 5.57 Å². The van der Waals surface area contributed by atoms with E-state index < -0.39 is 29.0 Å². The van der Waals surface area contributed by atoms with Gasteiger partial charge in [-0.15, -0.1) is 0 Å². The first-order valence-electron chi connectivity index (χ1n) is 11.3. The van der Waals surface area contributed by atoms with Crippen molar-refractivity contribution in [2.75, 3.05) is 0 Å². The number of carbonyl (C=O) groups excluding carboxylic acids is 3. The van der Waals surface area contributed by atoms with Gasteiger partial charge in [0.15, 0.2) is 5.76 Å². The maximum Gasteiger partial charge on any atom is 0.234 e. The van der Waals surface area contributed by atoms with Crippen LogP contribution < -0.4 is 0 Å². The highest BCUT2D eigenvalue weighted by Crippen LogP contribution is 2.42. The highest BCUT2D eigenvalue weighted by molar-refractivity contribution is 6.62. The lowest BCUT2D eigenvalue weighted by Crippen LogP contribution is -2.36. The Labute approximate surface area is 199 Å². The third-order valence-corrected chi connectivity index (χ3v) is 6.70. The minimum absolute atomic E-state index is 0.259. The zero-order chi connectivity index (χ0) is 24.3. The van der Waals surface area contributed by atoms with Gasteiger partial charge in [-0.25, -0.2) is 0 Å². The molecule has 1 atom stereocenters. The van der Waals surface area contributed by atoms with Crippen molar-refractivity contribution < 1.29 is 19.5 Å². The standard InChI is InChI=1S/C29H20N2O4/c1-15-21(17-11-5-7-13-19(17)30-15)23-26(32)28(34)24(29(35)27(23)33)22-18-12-6-8-14-20(18)31-25(22)16-9-3-2-4-10-16/h2-14,23,30-31,34H,1H3. The summed E-state index contributed by atoms with van der Waals surface area (Å²) in [6.07, 6.45) is 0. The number of aliphatic hydroxyl groups excluding tert-OH is 1. The average Bonchev–Trinajstić information content (AvgIpc) is 3.42. The van der Waals surface area contributed by atoms with E-state index in [1.165, 1.54) is 0 Å². The molecule has 2 aromatic heterocycles. The number of aromatic amines is 2. The molecule has 3 N–H and O–H groups in total. The summed E-state index contributed by atoms with van der Waals surface area (Å²) in [5.41, 5.74) is 3.94. The van der Waals surface area contributed by atoms with Crippen LogP contribution in [0.1, 0.15) is 22.7 Å². The number of allylic oxidation sites excluding steroid dienone is 2. The number of hydrogen-bond acceptors (Lipinski definition) is 4. The summed E-state index contributed by atoms with van der Waals surface area (Å²) >= 11 is 0. The molecule has 1 aliphatic carbocycles. The summed E-state index contributed by atoms with van der Waals surface area (Å²) < 4.78 is 0. The molecule has 0 aliphatic heterocycles. The monoisotopic (exact) mass is 460 g/mol. The van der Waals surface area contributed by atoms with Gasteiger partial charge in [-0.05, 0) is 30.2 Å². The van der Waals surface area contributed by atoms with E-state index in [9.17, 15) is 19.5 Å². The number of ketones is 3. The predicted molar refractivity (Wildman–Crippen MR) is 134 cm³/mol. The van der Waals surface area contributed by atoms with Gasteiger partial charge in [0.05, 0.1) is 11.3 Å².